The second-order valence-electron chi connectivity index (χ2n) is 4.13. The Morgan fingerprint density at radius 1 is 1.32 bits per heavy atom. The number of benzene rings is 1. The lowest BCUT2D eigenvalue weighted by Gasteiger charge is -2.16. The van der Waals surface area contributed by atoms with Crippen LogP contribution in [0.5, 0.6) is 5.75 Å². The van der Waals surface area contributed by atoms with Crippen LogP contribution in [0.25, 0.3) is 0 Å². The second-order valence-corrected chi connectivity index (χ2v) is 4.51. The van der Waals surface area contributed by atoms with Gasteiger partial charge in [-0.05, 0) is 36.8 Å². The third-order valence-electron chi connectivity index (χ3n) is 2.79. The van der Waals surface area contributed by atoms with Crippen LogP contribution in [0.3, 0.4) is 0 Å². The molecule has 0 aliphatic heterocycles. The number of nitrogens with zero attached hydrogens (tertiary/aromatic N) is 1. The lowest BCUT2D eigenvalue weighted by Crippen LogP contribution is -2.07. The molecule has 5 heteroatoms. The summed E-state index contributed by atoms with van der Waals surface area (Å²) in [5.74, 6) is -0.135. The summed E-state index contributed by atoms with van der Waals surface area (Å²) >= 11 is 5.81. The van der Waals surface area contributed by atoms with Crippen LogP contribution in [0.15, 0.2) is 36.5 Å². The Morgan fingerprint density at radius 2 is 2.11 bits per heavy atom. The summed E-state index contributed by atoms with van der Waals surface area (Å²) in [5.41, 5.74) is 1.66. The Labute approximate surface area is 116 Å². The van der Waals surface area contributed by atoms with Crippen molar-refractivity contribution in [1.29, 1.82) is 0 Å². The number of rotatable bonds is 4. The summed E-state index contributed by atoms with van der Waals surface area (Å²) in [7, 11) is 1.44. The van der Waals surface area contributed by atoms with Crippen molar-refractivity contribution < 1.29 is 9.13 Å². The minimum absolute atomic E-state index is 0.0566. The molecule has 0 aliphatic carbocycles. The average Bonchev–Trinajstić information content (AvgIpc) is 2.38. The number of ether oxygens (including phenoxy) is 1. The first-order valence-corrected chi connectivity index (χ1v) is 6.19. The first kappa shape index (κ1) is 13.6. The molecule has 2 rings (SSSR count). The van der Waals surface area contributed by atoms with Crippen molar-refractivity contribution in [2.45, 2.75) is 13.0 Å². The molecular weight excluding hydrogens is 267 g/mol. The van der Waals surface area contributed by atoms with Crippen molar-refractivity contribution in [1.82, 2.24) is 4.98 Å². The first-order chi connectivity index (χ1) is 9.10. The van der Waals surface area contributed by atoms with Gasteiger partial charge in [0.25, 0.3) is 0 Å². The van der Waals surface area contributed by atoms with E-state index in [1.807, 2.05) is 19.1 Å². The van der Waals surface area contributed by atoms with Gasteiger partial charge < -0.3 is 10.1 Å². The van der Waals surface area contributed by atoms with Gasteiger partial charge in [0.15, 0.2) is 11.6 Å². The molecule has 0 aliphatic rings. The summed E-state index contributed by atoms with van der Waals surface area (Å²) in [4.78, 5) is 3.91. The number of hydrogen-bond acceptors (Lipinski definition) is 3. The van der Waals surface area contributed by atoms with E-state index in [0.717, 1.165) is 11.3 Å². The van der Waals surface area contributed by atoms with Gasteiger partial charge in [0, 0.05) is 17.9 Å². The third-order valence-corrected chi connectivity index (χ3v) is 2.99. The Balaban J connectivity index is 2.15. The van der Waals surface area contributed by atoms with Crippen LogP contribution < -0.4 is 10.1 Å². The maximum absolute atomic E-state index is 13.6. The van der Waals surface area contributed by atoms with E-state index in [9.17, 15) is 4.39 Å². The molecule has 1 unspecified atom stereocenters. The standard InChI is InChI=1S/C14H14ClFN2O/c1-9(18-11-5-6-17-14(15)8-11)10-3-4-13(19-2)12(16)7-10/h3-9H,1-2H3,(H,17,18). The zero-order chi connectivity index (χ0) is 13.8. The molecule has 19 heavy (non-hydrogen) atoms. The molecule has 0 saturated carbocycles. The van der Waals surface area contributed by atoms with Crippen LogP contribution in [-0.4, -0.2) is 12.1 Å². The molecule has 0 spiro atoms. The van der Waals surface area contributed by atoms with E-state index in [-0.39, 0.29) is 17.6 Å². The van der Waals surface area contributed by atoms with Crippen LogP contribution in [0, 0.1) is 5.82 Å². The van der Waals surface area contributed by atoms with Gasteiger partial charge in [0.2, 0.25) is 0 Å². The lowest BCUT2D eigenvalue weighted by molar-refractivity contribution is 0.386. The number of nitrogens with one attached hydrogen (secondary N) is 1. The zero-order valence-corrected chi connectivity index (χ0v) is 11.4. The molecule has 0 bridgehead atoms. The van der Waals surface area contributed by atoms with Crippen molar-refractivity contribution in [3.63, 3.8) is 0 Å². The van der Waals surface area contributed by atoms with Crippen LogP contribution in [0.1, 0.15) is 18.5 Å². The fourth-order valence-corrected chi connectivity index (χ4v) is 1.95. The quantitative estimate of drug-likeness (QED) is 0.858. The van der Waals surface area contributed by atoms with E-state index >= 15 is 0 Å². The molecule has 0 saturated heterocycles. The van der Waals surface area contributed by atoms with Gasteiger partial charge in [-0.2, -0.15) is 0 Å². The van der Waals surface area contributed by atoms with Gasteiger partial charge in [-0.1, -0.05) is 17.7 Å². The van der Waals surface area contributed by atoms with Crippen molar-refractivity contribution >= 4 is 17.3 Å². The van der Waals surface area contributed by atoms with E-state index in [1.54, 1.807) is 18.3 Å². The van der Waals surface area contributed by atoms with E-state index in [0.29, 0.717) is 5.15 Å². The fraction of sp³-hybridized carbons (Fsp3) is 0.214. The van der Waals surface area contributed by atoms with E-state index < -0.39 is 0 Å². The topological polar surface area (TPSA) is 34.1 Å². The van der Waals surface area contributed by atoms with Gasteiger partial charge in [-0.15, -0.1) is 0 Å². The van der Waals surface area contributed by atoms with Crippen molar-refractivity contribution in [3.8, 4) is 5.75 Å². The molecule has 3 nitrogen and oxygen atoms in total. The Morgan fingerprint density at radius 3 is 2.74 bits per heavy atom. The summed E-state index contributed by atoms with van der Waals surface area (Å²) in [6.45, 7) is 1.94. The predicted molar refractivity (Wildman–Crippen MR) is 74.2 cm³/mol. The van der Waals surface area contributed by atoms with Gasteiger partial charge in [-0.25, -0.2) is 9.37 Å². The zero-order valence-electron chi connectivity index (χ0n) is 10.7. The molecular formula is C14H14ClFN2O. The Kier molecular flexibility index (Phi) is 4.22. The number of aromatic nitrogens is 1. The third kappa shape index (κ3) is 3.35. The van der Waals surface area contributed by atoms with E-state index in [2.05, 4.69) is 10.3 Å². The fourth-order valence-electron chi connectivity index (χ4n) is 1.78. The molecule has 2 aromatic rings. The highest BCUT2D eigenvalue weighted by molar-refractivity contribution is 6.29. The number of pyridine rings is 1. The summed E-state index contributed by atoms with van der Waals surface area (Å²) in [6, 6.07) is 8.36. The maximum atomic E-state index is 13.6. The van der Waals surface area contributed by atoms with Gasteiger partial charge in [0.1, 0.15) is 5.15 Å². The monoisotopic (exact) mass is 280 g/mol. The minimum Gasteiger partial charge on any atom is -0.494 e. The van der Waals surface area contributed by atoms with Crippen LogP contribution >= 0.6 is 11.6 Å². The minimum atomic E-state index is -0.374. The number of methoxy groups -OCH3 is 1. The van der Waals surface area contributed by atoms with Crippen molar-refractivity contribution in [2.75, 3.05) is 12.4 Å². The SMILES string of the molecule is COc1ccc(C(C)Nc2ccnc(Cl)c2)cc1F. The highest BCUT2D eigenvalue weighted by atomic mass is 35.5. The number of anilines is 1. The van der Waals surface area contributed by atoms with Gasteiger partial charge >= 0.3 is 0 Å². The maximum Gasteiger partial charge on any atom is 0.165 e. The largest absolute Gasteiger partial charge is 0.494 e. The molecule has 1 aromatic carbocycles. The molecule has 0 amide bonds. The van der Waals surface area contributed by atoms with E-state index in [1.165, 1.54) is 13.2 Å². The highest BCUT2D eigenvalue weighted by Gasteiger charge is 2.09. The smallest absolute Gasteiger partial charge is 0.165 e. The summed E-state index contributed by atoms with van der Waals surface area (Å²) in [6.07, 6.45) is 1.62. The molecule has 1 N–H and O–H groups in total. The highest BCUT2D eigenvalue weighted by Crippen LogP contribution is 2.24. The van der Waals surface area contributed by atoms with Gasteiger partial charge in [0.05, 0.1) is 7.11 Å². The molecule has 0 radical (unpaired) electrons. The first-order valence-electron chi connectivity index (χ1n) is 5.81. The summed E-state index contributed by atoms with van der Waals surface area (Å²) in [5, 5.41) is 3.65. The Hall–Kier alpha value is -1.81. The predicted octanol–water partition coefficient (Wildman–Crippen LogP) is 4.06. The van der Waals surface area contributed by atoms with Crippen LogP contribution in [0.2, 0.25) is 5.15 Å². The lowest BCUT2D eigenvalue weighted by atomic mass is 10.1. The van der Waals surface area contributed by atoms with Crippen molar-refractivity contribution in [3.05, 3.63) is 53.1 Å². The van der Waals surface area contributed by atoms with Crippen LogP contribution in [-0.2, 0) is 0 Å². The second kappa shape index (κ2) is 5.89. The molecule has 1 atom stereocenters. The molecule has 0 fully saturated rings. The molecule has 1 aromatic heterocycles. The molecule has 100 valence electrons. The number of hydrogen-bond donors (Lipinski definition) is 1. The Bertz CT molecular complexity index is 577. The normalized spacial score (nSPS) is 12.0. The van der Waals surface area contributed by atoms with E-state index in [4.69, 9.17) is 16.3 Å². The van der Waals surface area contributed by atoms with Gasteiger partial charge in [-0.3, -0.25) is 0 Å². The number of halogens is 2. The summed E-state index contributed by atoms with van der Waals surface area (Å²) < 4.78 is 18.5. The van der Waals surface area contributed by atoms with Crippen molar-refractivity contribution in [2.24, 2.45) is 0 Å². The average molecular weight is 281 g/mol. The van der Waals surface area contributed by atoms with Crippen LogP contribution in [0.4, 0.5) is 10.1 Å². The molecule has 1 heterocycles.